The number of nitro benzene ring substituents is 1. The molecule has 0 saturated heterocycles. The van der Waals surface area contributed by atoms with Gasteiger partial charge in [0.05, 0.1) is 10.6 Å². The third kappa shape index (κ3) is 4.04. The second kappa shape index (κ2) is 7.57. The van der Waals surface area contributed by atoms with Crippen molar-refractivity contribution in [1.29, 1.82) is 0 Å². The molecule has 0 amide bonds. The lowest BCUT2D eigenvalue weighted by atomic mass is 10.1. The van der Waals surface area contributed by atoms with Crippen molar-refractivity contribution in [2.75, 3.05) is 0 Å². The molecule has 0 bridgehead atoms. The van der Waals surface area contributed by atoms with Gasteiger partial charge in [-0.3, -0.25) is 19.9 Å². The molecular formula is C19H14N2O6S. The summed E-state index contributed by atoms with van der Waals surface area (Å²) >= 11 is 0. The van der Waals surface area contributed by atoms with Crippen molar-refractivity contribution in [3.8, 4) is 17.0 Å². The van der Waals surface area contributed by atoms with Crippen LogP contribution in [0.15, 0.2) is 71.8 Å². The van der Waals surface area contributed by atoms with Gasteiger partial charge in [-0.1, -0.05) is 24.3 Å². The van der Waals surface area contributed by atoms with E-state index in [-0.39, 0.29) is 27.8 Å². The molecule has 3 aromatic rings. The number of non-ortho nitro benzene ring substituents is 1. The fourth-order valence-corrected chi connectivity index (χ4v) is 3.57. The van der Waals surface area contributed by atoms with Crippen LogP contribution in [-0.2, 0) is 10.1 Å². The Labute approximate surface area is 160 Å². The second-order valence-corrected chi connectivity index (χ2v) is 7.29. The van der Waals surface area contributed by atoms with Crippen molar-refractivity contribution < 1.29 is 22.3 Å². The van der Waals surface area contributed by atoms with Gasteiger partial charge in [-0.15, -0.1) is 0 Å². The van der Waals surface area contributed by atoms with E-state index in [1.165, 1.54) is 37.4 Å². The van der Waals surface area contributed by atoms with Gasteiger partial charge in [0.2, 0.25) is 0 Å². The predicted molar refractivity (Wildman–Crippen MR) is 101 cm³/mol. The first-order chi connectivity index (χ1) is 13.3. The molecule has 0 N–H and O–H groups in total. The molecule has 0 fully saturated rings. The van der Waals surface area contributed by atoms with Crippen LogP contribution in [0.2, 0.25) is 0 Å². The molecule has 142 valence electrons. The zero-order valence-corrected chi connectivity index (χ0v) is 15.4. The maximum atomic E-state index is 12.7. The standard InChI is InChI=1S/C19H14N2O6S/c1-13(22)14-4-6-15(7-5-14)19-18(3-2-12-20-19)28(25,26)27-17-10-8-16(9-11-17)21(23)24/h2-12H,1H3. The number of hydrogen-bond acceptors (Lipinski definition) is 7. The normalized spacial score (nSPS) is 11.0. The van der Waals surface area contributed by atoms with Gasteiger partial charge < -0.3 is 4.18 Å². The second-order valence-electron chi connectivity index (χ2n) is 5.77. The Hall–Kier alpha value is -3.59. The number of rotatable bonds is 6. The van der Waals surface area contributed by atoms with E-state index in [9.17, 15) is 23.3 Å². The van der Waals surface area contributed by atoms with Gasteiger partial charge in [-0.25, -0.2) is 0 Å². The van der Waals surface area contributed by atoms with Crippen LogP contribution in [0, 0.1) is 10.1 Å². The highest BCUT2D eigenvalue weighted by atomic mass is 32.2. The largest absolute Gasteiger partial charge is 0.379 e. The quantitative estimate of drug-likeness (QED) is 0.269. The van der Waals surface area contributed by atoms with Crippen molar-refractivity contribution in [1.82, 2.24) is 4.98 Å². The van der Waals surface area contributed by atoms with E-state index in [4.69, 9.17) is 4.18 Å². The average molecular weight is 398 g/mol. The van der Waals surface area contributed by atoms with Gasteiger partial charge >= 0.3 is 10.1 Å². The van der Waals surface area contributed by atoms with E-state index >= 15 is 0 Å². The summed E-state index contributed by atoms with van der Waals surface area (Å²) in [6, 6.07) is 13.9. The summed E-state index contributed by atoms with van der Waals surface area (Å²) in [4.78, 5) is 25.5. The zero-order chi connectivity index (χ0) is 20.3. The SMILES string of the molecule is CC(=O)c1ccc(-c2ncccc2S(=O)(=O)Oc2ccc([N+](=O)[O-])cc2)cc1. The Morgan fingerprint density at radius 3 is 2.25 bits per heavy atom. The molecule has 2 aromatic carbocycles. The molecule has 28 heavy (non-hydrogen) atoms. The topological polar surface area (TPSA) is 116 Å². The maximum absolute atomic E-state index is 12.7. The number of Topliss-reactive ketones (excluding diaryl/α,β-unsaturated/α-hetero) is 1. The summed E-state index contributed by atoms with van der Waals surface area (Å²) in [6.07, 6.45) is 1.44. The minimum atomic E-state index is -4.25. The molecule has 0 saturated carbocycles. The van der Waals surface area contributed by atoms with Crippen molar-refractivity contribution >= 4 is 21.6 Å². The van der Waals surface area contributed by atoms with E-state index in [1.807, 2.05) is 0 Å². The lowest BCUT2D eigenvalue weighted by Gasteiger charge is -2.11. The van der Waals surface area contributed by atoms with Crippen molar-refractivity contribution in [2.45, 2.75) is 11.8 Å². The summed E-state index contributed by atoms with van der Waals surface area (Å²) in [5, 5.41) is 10.7. The number of nitro groups is 1. The monoisotopic (exact) mass is 398 g/mol. The third-order valence-electron chi connectivity index (χ3n) is 3.86. The van der Waals surface area contributed by atoms with Gasteiger partial charge in [0.15, 0.2) is 5.78 Å². The Bertz CT molecular complexity index is 1140. The van der Waals surface area contributed by atoms with Crippen LogP contribution in [-0.4, -0.2) is 24.1 Å². The Balaban J connectivity index is 1.96. The summed E-state index contributed by atoms with van der Waals surface area (Å²) in [6.45, 7) is 1.43. The van der Waals surface area contributed by atoms with Gasteiger partial charge in [-0.05, 0) is 31.2 Å². The van der Waals surface area contributed by atoms with Crippen LogP contribution in [0.25, 0.3) is 11.3 Å². The first-order valence-electron chi connectivity index (χ1n) is 8.03. The van der Waals surface area contributed by atoms with E-state index < -0.39 is 15.0 Å². The minimum absolute atomic E-state index is 0.0627. The van der Waals surface area contributed by atoms with Crippen LogP contribution in [0.3, 0.4) is 0 Å². The van der Waals surface area contributed by atoms with Crippen molar-refractivity contribution in [3.63, 3.8) is 0 Å². The van der Waals surface area contributed by atoms with Crippen molar-refractivity contribution in [3.05, 3.63) is 82.5 Å². The van der Waals surface area contributed by atoms with Gasteiger partial charge in [0.1, 0.15) is 10.6 Å². The third-order valence-corrected chi connectivity index (χ3v) is 5.14. The Morgan fingerprint density at radius 1 is 1.04 bits per heavy atom. The van der Waals surface area contributed by atoms with Crippen LogP contribution in [0.5, 0.6) is 5.75 Å². The number of hydrogen-bond donors (Lipinski definition) is 0. The number of nitrogens with zero attached hydrogens (tertiary/aromatic N) is 2. The lowest BCUT2D eigenvalue weighted by molar-refractivity contribution is -0.384. The van der Waals surface area contributed by atoms with Gasteiger partial charge in [-0.2, -0.15) is 8.42 Å². The first kappa shape index (κ1) is 19.2. The molecule has 0 unspecified atom stereocenters. The number of carbonyl (C=O) groups excluding carboxylic acids is 1. The molecule has 0 radical (unpaired) electrons. The number of pyridine rings is 1. The molecule has 0 atom stereocenters. The van der Waals surface area contributed by atoms with E-state index in [2.05, 4.69) is 4.98 Å². The smallest absolute Gasteiger partial charge is 0.341 e. The van der Waals surface area contributed by atoms with Crippen LogP contribution < -0.4 is 4.18 Å². The fraction of sp³-hybridized carbons (Fsp3) is 0.0526. The van der Waals surface area contributed by atoms with E-state index in [1.54, 1.807) is 24.3 Å². The summed E-state index contributed by atoms with van der Waals surface area (Å²) in [5.74, 6) is -0.172. The van der Waals surface area contributed by atoms with Crippen LogP contribution in [0.4, 0.5) is 5.69 Å². The Kier molecular flexibility index (Phi) is 5.18. The fourth-order valence-electron chi connectivity index (χ4n) is 2.47. The van der Waals surface area contributed by atoms with E-state index in [0.29, 0.717) is 11.1 Å². The van der Waals surface area contributed by atoms with Gasteiger partial charge in [0.25, 0.3) is 5.69 Å². The molecule has 0 aliphatic carbocycles. The van der Waals surface area contributed by atoms with Crippen LogP contribution >= 0.6 is 0 Å². The zero-order valence-electron chi connectivity index (χ0n) is 14.6. The molecule has 0 aliphatic heterocycles. The highest BCUT2D eigenvalue weighted by Crippen LogP contribution is 2.28. The summed E-state index contributed by atoms with van der Waals surface area (Å²) in [7, 11) is -4.25. The average Bonchev–Trinajstić information content (AvgIpc) is 2.68. The highest BCUT2D eigenvalue weighted by molar-refractivity contribution is 7.87. The maximum Gasteiger partial charge on any atom is 0.341 e. The summed E-state index contributed by atoms with van der Waals surface area (Å²) < 4.78 is 30.6. The molecule has 8 nitrogen and oxygen atoms in total. The molecular weight excluding hydrogens is 384 g/mol. The minimum Gasteiger partial charge on any atom is -0.379 e. The molecule has 1 heterocycles. The predicted octanol–water partition coefficient (Wildman–Crippen LogP) is 3.63. The number of ketones is 1. The summed E-state index contributed by atoms with van der Waals surface area (Å²) in [5.41, 5.74) is 0.972. The van der Waals surface area contributed by atoms with Crippen LogP contribution in [0.1, 0.15) is 17.3 Å². The number of benzene rings is 2. The Morgan fingerprint density at radius 2 is 1.68 bits per heavy atom. The number of carbonyl (C=O) groups is 1. The van der Waals surface area contributed by atoms with E-state index in [0.717, 1.165) is 12.1 Å². The van der Waals surface area contributed by atoms with Crippen molar-refractivity contribution in [2.24, 2.45) is 0 Å². The highest BCUT2D eigenvalue weighted by Gasteiger charge is 2.23. The first-order valence-corrected chi connectivity index (χ1v) is 9.44. The molecule has 1 aromatic heterocycles. The van der Waals surface area contributed by atoms with Gasteiger partial charge in [0, 0.05) is 29.5 Å². The molecule has 0 aliphatic rings. The molecule has 0 spiro atoms. The molecule has 9 heteroatoms. The lowest BCUT2D eigenvalue weighted by Crippen LogP contribution is -2.12. The molecule has 3 rings (SSSR count). The number of aromatic nitrogens is 1.